The molecule has 162 valence electrons. The van der Waals surface area contributed by atoms with Crippen LogP contribution in [0.1, 0.15) is 28.9 Å². The summed E-state index contributed by atoms with van der Waals surface area (Å²) < 4.78 is 28.6. The highest BCUT2D eigenvalue weighted by atomic mass is 32.2. The molecule has 7 nitrogen and oxygen atoms in total. The van der Waals surface area contributed by atoms with Crippen LogP contribution in [0.25, 0.3) is 0 Å². The Morgan fingerprint density at radius 1 is 0.935 bits per heavy atom. The van der Waals surface area contributed by atoms with Crippen LogP contribution in [0, 0.1) is 0 Å². The molecular formula is C23H26N4O3S. The molecule has 0 bridgehead atoms. The molecule has 0 spiro atoms. The van der Waals surface area contributed by atoms with E-state index in [1.165, 1.54) is 24.5 Å². The Hall–Kier alpha value is -3.07. The first-order chi connectivity index (χ1) is 14.8. The first-order valence-corrected chi connectivity index (χ1v) is 11.3. The maximum atomic E-state index is 12.9. The van der Waals surface area contributed by atoms with Crippen LogP contribution in [-0.2, 0) is 10.0 Å². The first kappa shape index (κ1) is 22.6. The number of nitrogens with zero attached hydrogens (tertiary/aromatic N) is 2. The smallest absolute Gasteiger partial charge is 0.255 e. The van der Waals surface area contributed by atoms with Gasteiger partial charge >= 0.3 is 0 Å². The lowest BCUT2D eigenvalue weighted by Gasteiger charge is -2.31. The van der Waals surface area contributed by atoms with Gasteiger partial charge in [-0.3, -0.25) is 9.78 Å². The molecule has 2 atom stereocenters. The predicted octanol–water partition coefficient (Wildman–Crippen LogP) is 3.30. The summed E-state index contributed by atoms with van der Waals surface area (Å²) in [5.74, 6) is -0.290. The minimum Gasteiger partial charge on any atom is -0.322 e. The molecule has 2 N–H and O–H groups in total. The molecule has 0 fully saturated rings. The van der Waals surface area contributed by atoms with Crippen molar-refractivity contribution in [2.75, 3.05) is 19.4 Å². The predicted molar refractivity (Wildman–Crippen MR) is 121 cm³/mol. The zero-order chi connectivity index (χ0) is 22.4. The minimum atomic E-state index is -3.74. The zero-order valence-corrected chi connectivity index (χ0v) is 18.5. The second-order valence-corrected chi connectivity index (χ2v) is 9.16. The van der Waals surface area contributed by atoms with E-state index in [9.17, 15) is 13.2 Å². The van der Waals surface area contributed by atoms with Gasteiger partial charge in [-0.25, -0.2) is 13.1 Å². The van der Waals surface area contributed by atoms with E-state index < -0.39 is 10.0 Å². The number of pyridine rings is 1. The van der Waals surface area contributed by atoms with E-state index in [-0.39, 0.29) is 22.9 Å². The summed E-state index contributed by atoms with van der Waals surface area (Å²) in [6.07, 6.45) is 3.07. The number of rotatable bonds is 8. The number of hydrogen-bond donors (Lipinski definition) is 2. The van der Waals surface area contributed by atoms with Crippen molar-refractivity contribution in [2.24, 2.45) is 0 Å². The van der Waals surface area contributed by atoms with Crippen molar-refractivity contribution < 1.29 is 13.2 Å². The fourth-order valence-corrected chi connectivity index (χ4v) is 4.73. The second-order valence-electron chi connectivity index (χ2n) is 7.44. The fourth-order valence-electron chi connectivity index (χ4n) is 3.49. The van der Waals surface area contributed by atoms with E-state index >= 15 is 0 Å². The SMILES string of the molecule is C[C@H](NS(=O)(=O)c1ccc(NC(=O)c2ccncc2)cc1)[C@H](c1ccccc1)N(C)C. The number of benzene rings is 2. The van der Waals surface area contributed by atoms with Crippen molar-refractivity contribution >= 4 is 21.6 Å². The van der Waals surface area contributed by atoms with Crippen LogP contribution in [0.3, 0.4) is 0 Å². The number of hydrogen-bond acceptors (Lipinski definition) is 5. The number of amides is 1. The van der Waals surface area contributed by atoms with Crippen LogP contribution >= 0.6 is 0 Å². The van der Waals surface area contributed by atoms with E-state index in [1.807, 2.05) is 56.3 Å². The van der Waals surface area contributed by atoms with Crippen molar-refractivity contribution in [1.29, 1.82) is 0 Å². The molecule has 0 aliphatic rings. The van der Waals surface area contributed by atoms with E-state index in [1.54, 1.807) is 24.3 Å². The van der Waals surface area contributed by atoms with Crippen LogP contribution in [0.2, 0.25) is 0 Å². The highest BCUT2D eigenvalue weighted by Gasteiger charge is 2.26. The molecule has 0 aliphatic heterocycles. The first-order valence-electron chi connectivity index (χ1n) is 9.83. The third-order valence-corrected chi connectivity index (χ3v) is 6.45. The molecule has 2 aromatic carbocycles. The van der Waals surface area contributed by atoms with Crippen molar-refractivity contribution in [2.45, 2.75) is 23.9 Å². The van der Waals surface area contributed by atoms with Gasteiger partial charge in [0.15, 0.2) is 0 Å². The summed E-state index contributed by atoms with van der Waals surface area (Å²) in [4.78, 5) is 18.2. The monoisotopic (exact) mass is 438 g/mol. The number of nitrogens with one attached hydrogen (secondary N) is 2. The summed E-state index contributed by atoms with van der Waals surface area (Å²) in [6.45, 7) is 1.85. The van der Waals surface area contributed by atoms with Crippen molar-refractivity contribution in [1.82, 2.24) is 14.6 Å². The third-order valence-electron chi connectivity index (χ3n) is 4.88. The number of carbonyl (C=O) groups excluding carboxylic acids is 1. The normalized spacial score (nSPS) is 13.5. The maximum Gasteiger partial charge on any atom is 0.255 e. The van der Waals surface area contributed by atoms with Gasteiger partial charge in [0.2, 0.25) is 10.0 Å². The largest absolute Gasteiger partial charge is 0.322 e. The quantitative estimate of drug-likeness (QED) is 0.563. The Balaban J connectivity index is 1.72. The fraction of sp³-hybridized carbons (Fsp3) is 0.217. The number of carbonyl (C=O) groups is 1. The Kier molecular flexibility index (Phi) is 7.17. The van der Waals surface area contributed by atoms with Crippen LogP contribution in [0.15, 0.2) is 84.0 Å². The average Bonchev–Trinajstić information content (AvgIpc) is 2.75. The van der Waals surface area contributed by atoms with E-state index in [4.69, 9.17) is 0 Å². The Labute approximate surface area is 183 Å². The second kappa shape index (κ2) is 9.82. The van der Waals surface area contributed by atoms with Gasteiger partial charge in [-0.05, 0) is 63.0 Å². The molecule has 31 heavy (non-hydrogen) atoms. The topological polar surface area (TPSA) is 91.4 Å². The highest BCUT2D eigenvalue weighted by molar-refractivity contribution is 7.89. The molecule has 0 aliphatic carbocycles. The van der Waals surface area contributed by atoms with Gasteiger partial charge in [-0.1, -0.05) is 30.3 Å². The summed E-state index contributed by atoms with van der Waals surface area (Å²) in [6, 6.07) is 18.6. The molecule has 0 saturated heterocycles. The minimum absolute atomic E-state index is 0.130. The molecule has 0 saturated carbocycles. The van der Waals surface area contributed by atoms with Crippen molar-refractivity contribution in [3.63, 3.8) is 0 Å². The molecular weight excluding hydrogens is 412 g/mol. The van der Waals surface area contributed by atoms with E-state index in [0.29, 0.717) is 11.3 Å². The zero-order valence-electron chi connectivity index (χ0n) is 17.7. The maximum absolute atomic E-state index is 12.9. The van der Waals surface area contributed by atoms with Crippen LogP contribution in [0.5, 0.6) is 0 Å². The van der Waals surface area contributed by atoms with Crippen LogP contribution in [-0.4, -0.2) is 44.3 Å². The van der Waals surface area contributed by atoms with Gasteiger partial charge < -0.3 is 10.2 Å². The van der Waals surface area contributed by atoms with Crippen molar-refractivity contribution in [3.05, 3.63) is 90.3 Å². The molecule has 0 radical (unpaired) electrons. The van der Waals surface area contributed by atoms with Crippen molar-refractivity contribution in [3.8, 4) is 0 Å². The number of anilines is 1. The molecule has 3 aromatic rings. The molecule has 1 aromatic heterocycles. The lowest BCUT2D eigenvalue weighted by molar-refractivity contribution is 0.102. The van der Waals surface area contributed by atoms with Gasteiger partial charge in [0.25, 0.3) is 5.91 Å². The highest BCUT2D eigenvalue weighted by Crippen LogP contribution is 2.24. The average molecular weight is 439 g/mol. The molecule has 0 unspecified atom stereocenters. The van der Waals surface area contributed by atoms with E-state index in [0.717, 1.165) is 5.56 Å². The summed E-state index contributed by atoms with van der Waals surface area (Å²) >= 11 is 0. The van der Waals surface area contributed by atoms with Crippen LogP contribution < -0.4 is 10.0 Å². The summed E-state index contributed by atoms with van der Waals surface area (Å²) in [7, 11) is 0.0977. The lowest BCUT2D eigenvalue weighted by atomic mass is 10.0. The molecule has 1 heterocycles. The Morgan fingerprint density at radius 2 is 1.55 bits per heavy atom. The molecule has 8 heteroatoms. The Bertz CT molecular complexity index is 1100. The Morgan fingerprint density at radius 3 is 2.13 bits per heavy atom. The standard InChI is InChI=1S/C23H26N4O3S/c1-17(22(27(2)3)18-7-5-4-6-8-18)26-31(29,30)21-11-9-20(10-12-21)25-23(28)19-13-15-24-16-14-19/h4-17,22,26H,1-3H3,(H,25,28)/t17-,22+/m0/s1. The molecule has 3 rings (SSSR count). The molecule has 1 amide bonds. The number of sulfonamides is 1. The van der Waals surface area contributed by atoms with E-state index in [2.05, 4.69) is 15.0 Å². The lowest BCUT2D eigenvalue weighted by Crippen LogP contribution is -2.42. The summed E-state index contributed by atoms with van der Waals surface area (Å²) in [5.41, 5.74) is 2.00. The van der Waals surface area contributed by atoms with Gasteiger partial charge in [-0.15, -0.1) is 0 Å². The van der Waals surface area contributed by atoms with Gasteiger partial charge in [0.05, 0.1) is 10.9 Å². The third kappa shape index (κ3) is 5.75. The van der Waals surface area contributed by atoms with Crippen LogP contribution in [0.4, 0.5) is 5.69 Å². The number of aromatic nitrogens is 1. The number of likely N-dealkylation sites (N-methyl/N-ethyl adjacent to an activating group) is 1. The summed E-state index contributed by atoms with van der Waals surface area (Å²) in [5, 5.41) is 2.74. The van der Waals surface area contributed by atoms with Gasteiger partial charge in [0.1, 0.15) is 0 Å². The van der Waals surface area contributed by atoms with Gasteiger partial charge in [0, 0.05) is 29.7 Å². The van der Waals surface area contributed by atoms with Gasteiger partial charge in [-0.2, -0.15) is 0 Å².